The molecule has 1 amide bonds. The van der Waals surface area contributed by atoms with Crippen molar-refractivity contribution >= 4 is 23.5 Å². The Balaban J connectivity index is 1.22. The van der Waals surface area contributed by atoms with E-state index in [9.17, 15) is 22.8 Å². The lowest BCUT2D eigenvalue weighted by Crippen LogP contribution is -2.58. The first-order valence-corrected chi connectivity index (χ1v) is 14.6. The second-order valence-corrected chi connectivity index (χ2v) is 10.9. The maximum Gasteiger partial charge on any atom is 0.497 e. The average Bonchev–Trinajstić information content (AvgIpc) is 3.75. The van der Waals surface area contributed by atoms with Crippen molar-refractivity contribution in [2.24, 2.45) is 0 Å². The molecule has 236 valence electrons. The molecule has 2 aromatic heterocycles. The van der Waals surface area contributed by atoms with Gasteiger partial charge in [0.25, 0.3) is 5.91 Å². The molecule has 2 aromatic carbocycles. The van der Waals surface area contributed by atoms with Crippen LogP contribution >= 0.6 is 0 Å². The van der Waals surface area contributed by atoms with E-state index >= 15 is 0 Å². The number of benzene rings is 2. The van der Waals surface area contributed by atoms with Crippen molar-refractivity contribution in [2.45, 2.75) is 31.5 Å². The summed E-state index contributed by atoms with van der Waals surface area (Å²) in [5.74, 6) is -1.53. The predicted molar refractivity (Wildman–Crippen MR) is 154 cm³/mol. The first-order valence-electron chi connectivity index (χ1n) is 14.6. The van der Waals surface area contributed by atoms with Crippen molar-refractivity contribution < 1.29 is 41.7 Å². The minimum atomic E-state index is -5.09. The summed E-state index contributed by atoms with van der Waals surface area (Å²) in [7, 11) is 0. The van der Waals surface area contributed by atoms with Gasteiger partial charge in [0.15, 0.2) is 5.65 Å². The number of hydrogen-bond acceptors (Lipinski definition) is 9. The number of hydrogen-bond donors (Lipinski definition) is 2. The van der Waals surface area contributed by atoms with E-state index in [1.807, 2.05) is 30.3 Å². The lowest BCUT2D eigenvalue weighted by Gasteiger charge is -2.37. The molecule has 2 N–H and O–H groups in total. The summed E-state index contributed by atoms with van der Waals surface area (Å²) < 4.78 is 51.2. The number of nitrogens with zero attached hydrogens (tertiary/aromatic N) is 5. The number of aromatic nitrogens is 4. The van der Waals surface area contributed by atoms with E-state index in [1.54, 1.807) is 30.5 Å². The predicted octanol–water partition coefficient (Wildman–Crippen LogP) is 4.15. The third kappa shape index (κ3) is 7.32. The third-order valence-corrected chi connectivity index (χ3v) is 7.49. The number of carbonyl (C=O) groups excluding carboxylic acids is 2. The van der Waals surface area contributed by atoms with Crippen LogP contribution in [0.25, 0.3) is 16.8 Å². The van der Waals surface area contributed by atoms with Crippen molar-refractivity contribution in [3.63, 3.8) is 0 Å². The van der Waals surface area contributed by atoms with E-state index in [0.29, 0.717) is 34.9 Å². The van der Waals surface area contributed by atoms with Crippen LogP contribution < -0.4 is 15.4 Å². The number of fused-ring (bicyclic) bond motifs is 1. The number of amides is 1. The summed E-state index contributed by atoms with van der Waals surface area (Å²) in [4.78, 5) is 38.2. The SMILES string of the molecule is O=C(NC1CC1)c1ccc(-c2cnn3c(NCCC[N+]4(OC(=O)C(F)(F)F)CCOCC4)nc(Oc4ccccc4)nc23)cc1. The zero-order valence-corrected chi connectivity index (χ0v) is 24.1. The van der Waals surface area contributed by atoms with E-state index < -0.39 is 16.8 Å². The molecule has 15 heteroatoms. The second kappa shape index (κ2) is 12.7. The van der Waals surface area contributed by atoms with Gasteiger partial charge in [0, 0.05) is 30.1 Å². The van der Waals surface area contributed by atoms with Gasteiger partial charge in [-0.15, -0.1) is 4.65 Å². The van der Waals surface area contributed by atoms with Crippen LogP contribution in [0.2, 0.25) is 0 Å². The summed E-state index contributed by atoms with van der Waals surface area (Å²) in [6.07, 6.45) is -1.13. The number of nitrogens with one attached hydrogen (secondary N) is 2. The largest absolute Gasteiger partial charge is 0.497 e. The summed E-state index contributed by atoms with van der Waals surface area (Å²) in [6.45, 7) is 0.962. The van der Waals surface area contributed by atoms with Crippen LogP contribution in [0, 0.1) is 0 Å². The van der Waals surface area contributed by atoms with E-state index in [4.69, 9.17) is 14.3 Å². The third-order valence-electron chi connectivity index (χ3n) is 7.49. The fraction of sp³-hybridized carbons (Fsp3) is 0.367. The molecule has 12 nitrogen and oxygen atoms in total. The number of quaternary nitrogens is 1. The maximum absolute atomic E-state index is 13.0. The number of carbonyl (C=O) groups is 2. The van der Waals surface area contributed by atoms with Gasteiger partial charge in [-0.1, -0.05) is 30.3 Å². The molecule has 1 saturated heterocycles. The fourth-order valence-electron chi connectivity index (χ4n) is 4.94. The van der Waals surface area contributed by atoms with Crippen molar-refractivity contribution in [3.05, 3.63) is 66.4 Å². The van der Waals surface area contributed by atoms with Crippen molar-refractivity contribution in [3.8, 4) is 22.9 Å². The van der Waals surface area contributed by atoms with Gasteiger partial charge in [-0.2, -0.15) is 32.8 Å². The highest BCUT2D eigenvalue weighted by atomic mass is 19.4. The molecule has 2 aliphatic rings. The van der Waals surface area contributed by atoms with E-state index in [1.165, 1.54) is 4.52 Å². The molecule has 3 heterocycles. The van der Waals surface area contributed by atoms with Gasteiger partial charge in [0.1, 0.15) is 25.4 Å². The molecule has 0 radical (unpaired) electrons. The molecule has 45 heavy (non-hydrogen) atoms. The molecule has 4 aromatic rings. The summed E-state index contributed by atoms with van der Waals surface area (Å²) >= 11 is 0. The first kappa shape index (κ1) is 30.3. The van der Waals surface area contributed by atoms with Crippen LogP contribution in [0.4, 0.5) is 19.1 Å². The molecule has 1 aliphatic carbocycles. The fourth-order valence-corrected chi connectivity index (χ4v) is 4.94. The lowest BCUT2D eigenvalue weighted by atomic mass is 10.1. The maximum atomic E-state index is 13.0. The highest BCUT2D eigenvalue weighted by Crippen LogP contribution is 2.29. The van der Waals surface area contributed by atoms with Crippen LogP contribution in [0.5, 0.6) is 11.8 Å². The number of morpholine rings is 1. The minimum Gasteiger partial charge on any atom is -0.424 e. The average molecular weight is 627 g/mol. The Morgan fingerprint density at radius 2 is 1.76 bits per heavy atom. The summed E-state index contributed by atoms with van der Waals surface area (Å²) in [6, 6.07) is 16.4. The molecule has 2 fully saturated rings. The number of halogens is 3. The van der Waals surface area contributed by atoms with Crippen LogP contribution in [0.1, 0.15) is 29.6 Å². The monoisotopic (exact) mass is 626 g/mol. The quantitative estimate of drug-likeness (QED) is 0.186. The summed E-state index contributed by atoms with van der Waals surface area (Å²) in [5.41, 5.74) is 2.43. The van der Waals surface area contributed by atoms with E-state index in [-0.39, 0.29) is 57.4 Å². The van der Waals surface area contributed by atoms with Crippen molar-refractivity contribution in [2.75, 3.05) is 44.7 Å². The van der Waals surface area contributed by atoms with Gasteiger partial charge in [-0.25, -0.2) is 4.79 Å². The van der Waals surface area contributed by atoms with Gasteiger partial charge in [-0.05, 0) is 42.7 Å². The second-order valence-electron chi connectivity index (χ2n) is 10.9. The Morgan fingerprint density at radius 3 is 2.44 bits per heavy atom. The topological polar surface area (TPSA) is 129 Å². The Hall–Kier alpha value is -4.76. The molecule has 1 aliphatic heterocycles. The highest BCUT2D eigenvalue weighted by Gasteiger charge is 2.48. The number of hydroxylamine groups is 3. The van der Waals surface area contributed by atoms with Crippen LogP contribution in [-0.4, -0.2) is 87.7 Å². The van der Waals surface area contributed by atoms with Gasteiger partial charge in [0.2, 0.25) is 5.95 Å². The molecular formula is C30H31F3N7O5+. The summed E-state index contributed by atoms with van der Waals surface area (Å²) in [5, 5.41) is 10.6. The zero-order valence-electron chi connectivity index (χ0n) is 24.1. The molecule has 1 saturated carbocycles. The van der Waals surface area contributed by atoms with Gasteiger partial charge >= 0.3 is 18.2 Å². The van der Waals surface area contributed by atoms with Crippen molar-refractivity contribution in [1.29, 1.82) is 0 Å². The Bertz CT molecular complexity index is 1650. The van der Waals surface area contributed by atoms with Crippen LogP contribution in [0.15, 0.2) is 60.8 Å². The Morgan fingerprint density at radius 1 is 1.02 bits per heavy atom. The van der Waals surface area contributed by atoms with E-state index in [0.717, 1.165) is 18.4 Å². The van der Waals surface area contributed by atoms with Gasteiger partial charge in [-0.3, -0.25) is 9.63 Å². The highest BCUT2D eigenvalue weighted by molar-refractivity contribution is 5.95. The van der Waals surface area contributed by atoms with Gasteiger partial charge in [0.05, 0.1) is 19.4 Å². The van der Waals surface area contributed by atoms with Crippen molar-refractivity contribution in [1.82, 2.24) is 24.9 Å². The van der Waals surface area contributed by atoms with Crippen LogP contribution in [0.3, 0.4) is 0 Å². The van der Waals surface area contributed by atoms with Crippen LogP contribution in [-0.2, 0) is 14.4 Å². The number of para-hydroxylation sites is 1. The number of anilines is 1. The molecule has 0 unspecified atom stereocenters. The Labute approximate surface area is 255 Å². The molecule has 0 atom stereocenters. The molecular weight excluding hydrogens is 595 g/mol. The number of alkyl halides is 3. The van der Waals surface area contributed by atoms with Gasteiger partial charge < -0.3 is 20.1 Å². The zero-order chi connectivity index (χ0) is 31.4. The Kier molecular flexibility index (Phi) is 8.54. The standard InChI is InChI=1S/C30H30F3N7O5/c31-30(32,33)27(42)45-40(15-17-43-18-16-40)14-4-13-34-28-38-29(44-23-5-2-1-3-6-23)37-25-24(19-35-39(25)28)20-7-9-21(10-8-20)26(41)36-22-11-12-22/h1-3,5-10,19,22H,4,11-18H2,(H-,34,35,36,37,38,41)/p+1. The number of ether oxygens (including phenoxy) is 2. The molecule has 0 bridgehead atoms. The normalized spacial score (nSPS) is 16.2. The first-order chi connectivity index (χ1) is 21.7. The smallest absolute Gasteiger partial charge is 0.424 e. The molecule has 0 spiro atoms. The minimum absolute atomic E-state index is 0.0502. The van der Waals surface area contributed by atoms with E-state index in [2.05, 4.69) is 25.7 Å². The number of rotatable bonds is 11. The molecule has 6 rings (SSSR count). The lowest BCUT2D eigenvalue weighted by molar-refractivity contribution is -1.09.